The van der Waals surface area contributed by atoms with E-state index in [0.29, 0.717) is 15.9 Å². The van der Waals surface area contributed by atoms with Crippen LogP contribution in [0.5, 0.6) is 5.75 Å². The Morgan fingerprint density at radius 2 is 1.95 bits per heavy atom. The summed E-state index contributed by atoms with van der Waals surface area (Å²) in [6, 6.07) is 8.54. The molecule has 5 heteroatoms. The van der Waals surface area contributed by atoms with Gasteiger partial charge < -0.3 is 4.74 Å². The molecule has 2 rings (SSSR count). The van der Waals surface area contributed by atoms with Crippen LogP contribution in [-0.2, 0) is 11.9 Å². The molecule has 0 amide bonds. The molecule has 2 aromatic carbocycles. The third kappa shape index (κ3) is 3.74. The minimum atomic E-state index is -0.354. The van der Waals surface area contributed by atoms with E-state index in [1.54, 1.807) is 12.1 Å². The number of rotatable bonds is 4. The smallest absolute Gasteiger partial charge is 0.131 e. The van der Waals surface area contributed by atoms with Gasteiger partial charge in [-0.2, -0.15) is 0 Å². The van der Waals surface area contributed by atoms with E-state index in [0.717, 1.165) is 21.3 Å². The highest BCUT2D eigenvalue weighted by molar-refractivity contribution is 9.10. The second-order valence-corrected chi connectivity index (χ2v) is 6.28. The zero-order valence-electron chi connectivity index (χ0n) is 10.7. The first-order valence-electron chi connectivity index (χ1n) is 5.93. The lowest BCUT2D eigenvalue weighted by Gasteiger charge is -2.14. The van der Waals surface area contributed by atoms with Crippen LogP contribution < -0.4 is 4.74 Å². The van der Waals surface area contributed by atoms with Crippen LogP contribution in [0.3, 0.4) is 0 Å². The van der Waals surface area contributed by atoms with E-state index >= 15 is 0 Å². The molecule has 0 aromatic heterocycles. The average Bonchev–Trinajstić information content (AvgIpc) is 2.38. The van der Waals surface area contributed by atoms with Crippen LogP contribution in [0.2, 0.25) is 5.02 Å². The third-order valence-electron chi connectivity index (χ3n) is 2.85. The van der Waals surface area contributed by atoms with Gasteiger partial charge in [0.2, 0.25) is 0 Å². The number of alkyl halides is 1. The summed E-state index contributed by atoms with van der Waals surface area (Å²) in [5.74, 6) is 0.423. The summed E-state index contributed by atoms with van der Waals surface area (Å²) in [5.41, 5.74) is 2.51. The fourth-order valence-electron chi connectivity index (χ4n) is 1.89. The maximum Gasteiger partial charge on any atom is 0.131 e. The summed E-state index contributed by atoms with van der Waals surface area (Å²) < 4.78 is 20.5. The van der Waals surface area contributed by atoms with Gasteiger partial charge in [0.25, 0.3) is 0 Å². The van der Waals surface area contributed by atoms with Crippen molar-refractivity contribution in [2.24, 2.45) is 0 Å². The Hall–Kier alpha value is -0.580. The molecule has 0 N–H and O–H groups in total. The van der Waals surface area contributed by atoms with Crippen molar-refractivity contribution in [3.05, 3.63) is 62.3 Å². The molecule has 0 radical (unpaired) electrons. The fourth-order valence-corrected chi connectivity index (χ4v) is 3.09. The standard InChI is InChI=1S/C15H12Br2ClFO/c1-9-4-12(17)5-11(7-16)15(9)20-8-10-2-3-13(18)6-14(10)19/h2-6H,7-8H2,1H3. The van der Waals surface area contributed by atoms with Crippen molar-refractivity contribution in [3.63, 3.8) is 0 Å². The Labute approximate surface area is 139 Å². The minimum Gasteiger partial charge on any atom is -0.488 e. The normalized spacial score (nSPS) is 10.7. The summed E-state index contributed by atoms with van der Waals surface area (Å²) >= 11 is 12.6. The Bertz CT molecular complexity index is 632. The summed E-state index contributed by atoms with van der Waals surface area (Å²) in [5, 5.41) is 1.05. The molecule has 0 aliphatic carbocycles. The van der Waals surface area contributed by atoms with E-state index in [2.05, 4.69) is 31.9 Å². The molecule has 106 valence electrons. The van der Waals surface area contributed by atoms with Gasteiger partial charge in [-0.25, -0.2) is 4.39 Å². The lowest BCUT2D eigenvalue weighted by atomic mass is 10.1. The molecule has 0 aliphatic rings. The van der Waals surface area contributed by atoms with Gasteiger partial charge in [-0.3, -0.25) is 0 Å². The lowest BCUT2D eigenvalue weighted by molar-refractivity contribution is 0.295. The highest BCUT2D eigenvalue weighted by Gasteiger charge is 2.10. The predicted octanol–water partition coefficient (Wildman–Crippen LogP) is 6.02. The van der Waals surface area contributed by atoms with E-state index < -0.39 is 0 Å². The topological polar surface area (TPSA) is 9.23 Å². The second-order valence-electron chi connectivity index (χ2n) is 4.37. The summed E-state index contributed by atoms with van der Waals surface area (Å²) in [7, 11) is 0. The number of aryl methyl sites for hydroxylation is 1. The first kappa shape index (κ1) is 15.8. The summed E-state index contributed by atoms with van der Waals surface area (Å²) in [6.07, 6.45) is 0. The van der Waals surface area contributed by atoms with Gasteiger partial charge in [0.1, 0.15) is 18.2 Å². The first-order valence-corrected chi connectivity index (χ1v) is 8.22. The molecule has 0 heterocycles. The van der Waals surface area contributed by atoms with Crippen molar-refractivity contribution in [1.82, 2.24) is 0 Å². The second kappa shape index (κ2) is 6.92. The number of halogens is 4. The van der Waals surface area contributed by atoms with Crippen molar-refractivity contribution in [3.8, 4) is 5.75 Å². The predicted molar refractivity (Wildman–Crippen MR) is 87.3 cm³/mol. The largest absolute Gasteiger partial charge is 0.488 e. The molecule has 0 saturated heterocycles. The Morgan fingerprint density at radius 3 is 2.60 bits per heavy atom. The van der Waals surface area contributed by atoms with E-state index in [1.807, 2.05) is 19.1 Å². The molecule has 0 saturated carbocycles. The zero-order chi connectivity index (χ0) is 14.7. The zero-order valence-corrected chi connectivity index (χ0v) is 14.6. The van der Waals surface area contributed by atoms with Crippen molar-refractivity contribution >= 4 is 43.5 Å². The average molecular weight is 423 g/mol. The number of hydrogen-bond donors (Lipinski definition) is 0. The van der Waals surface area contributed by atoms with Crippen molar-refractivity contribution in [1.29, 1.82) is 0 Å². The number of ether oxygens (including phenoxy) is 1. The van der Waals surface area contributed by atoms with E-state index in [4.69, 9.17) is 16.3 Å². The molecule has 0 aliphatic heterocycles. The fraction of sp³-hybridized carbons (Fsp3) is 0.200. The number of hydrogen-bond acceptors (Lipinski definition) is 1. The third-order valence-corrected chi connectivity index (χ3v) is 4.14. The van der Waals surface area contributed by atoms with Gasteiger partial charge in [0, 0.05) is 26.0 Å². The van der Waals surface area contributed by atoms with Gasteiger partial charge in [0.05, 0.1) is 0 Å². The molecular weight excluding hydrogens is 410 g/mol. The van der Waals surface area contributed by atoms with Crippen LogP contribution in [-0.4, -0.2) is 0 Å². The van der Waals surface area contributed by atoms with Gasteiger partial charge in [0.15, 0.2) is 0 Å². The molecule has 0 fully saturated rings. The maximum absolute atomic E-state index is 13.7. The molecule has 0 unspecified atom stereocenters. The maximum atomic E-state index is 13.7. The summed E-state index contributed by atoms with van der Waals surface area (Å²) in [6.45, 7) is 2.13. The highest BCUT2D eigenvalue weighted by Crippen LogP contribution is 2.30. The van der Waals surface area contributed by atoms with E-state index in [1.165, 1.54) is 6.07 Å². The van der Waals surface area contributed by atoms with Crippen molar-refractivity contribution in [2.75, 3.05) is 0 Å². The van der Waals surface area contributed by atoms with Crippen molar-refractivity contribution < 1.29 is 9.13 Å². The molecule has 20 heavy (non-hydrogen) atoms. The van der Waals surface area contributed by atoms with E-state index in [9.17, 15) is 4.39 Å². The Morgan fingerprint density at radius 1 is 1.20 bits per heavy atom. The lowest BCUT2D eigenvalue weighted by Crippen LogP contribution is -2.02. The van der Waals surface area contributed by atoms with Crippen LogP contribution in [0, 0.1) is 12.7 Å². The Balaban J connectivity index is 2.22. The molecule has 0 spiro atoms. The van der Waals surface area contributed by atoms with Gasteiger partial charge in [-0.1, -0.05) is 49.5 Å². The van der Waals surface area contributed by atoms with Crippen LogP contribution >= 0.6 is 43.5 Å². The molecule has 2 aromatic rings. The SMILES string of the molecule is Cc1cc(Br)cc(CBr)c1OCc1ccc(Cl)cc1F. The molecule has 0 bridgehead atoms. The first-order chi connectivity index (χ1) is 9.51. The highest BCUT2D eigenvalue weighted by atomic mass is 79.9. The van der Waals surface area contributed by atoms with E-state index in [-0.39, 0.29) is 12.4 Å². The van der Waals surface area contributed by atoms with Crippen LogP contribution in [0.1, 0.15) is 16.7 Å². The van der Waals surface area contributed by atoms with Crippen molar-refractivity contribution in [2.45, 2.75) is 18.9 Å². The van der Waals surface area contributed by atoms with Crippen LogP contribution in [0.25, 0.3) is 0 Å². The quantitative estimate of drug-likeness (QED) is 0.547. The molecule has 0 atom stereocenters. The molecule has 1 nitrogen and oxygen atoms in total. The monoisotopic (exact) mass is 420 g/mol. The van der Waals surface area contributed by atoms with Gasteiger partial charge in [-0.15, -0.1) is 0 Å². The summed E-state index contributed by atoms with van der Waals surface area (Å²) in [4.78, 5) is 0. The number of benzene rings is 2. The van der Waals surface area contributed by atoms with Crippen LogP contribution in [0.15, 0.2) is 34.8 Å². The molecular formula is C15H12Br2ClFO. The van der Waals surface area contributed by atoms with Gasteiger partial charge in [-0.05, 0) is 36.8 Å². The minimum absolute atomic E-state index is 0.172. The van der Waals surface area contributed by atoms with Crippen LogP contribution in [0.4, 0.5) is 4.39 Å². The Kier molecular flexibility index (Phi) is 5.47. The van der Waals surface area contributed by atoms with Gasteiger partial charge >= 0.3 is 0 Å².